The van der Waals surface area contributed by atoms with Crippen LogP contribution in [0.5, 0.6) is 0 Å². The third-order valence-electron chi connectivity index (χ3n) is 1.90. The molecular formula is C9H11BrCl2N2O2S. The van der Waals surface area contributed by atoms with Crippen LogP contribution in [0.15, 0.2) is 21.5 Å². The molecule has 0 amide bonds. The summed E-state index contributed by atoms with van der Waals surface area (Å²) in [5.41, 5.74) is 0. The summed E-state index contributed by atoms with van der Waals surface area (Å²) >= 11 is 14.9. The molecule has 17 heavy (non-hydrogen) atoms. The van der Waals surface area contributed by atoms with Crippen LogP contribution in [0.25, 0.3) is 0 Å². The zero-order valence-corrected chi connectivity index (χ0v) is 12.8. The fourth-order valence-corrected chi connectivity index (χ4v) is 4.13. The number of halogens is 3. The van der Waals surface area contributed by atoms with E-state index >= 15 is 0 Å². The molecular weight excluding hydrogens is 351 g/mol. The minimum Gasteiger partial charge on any atom is -0.318 e. The molecule has 96 valence electrons. The Morgan fingerprint density at radius 2 is 1.76 bits per heavy atom. The van der Waals surface area contributed by atoms with Gasteiger partial charge >= 0.3 is 0 Å². The monoisotopic (exact) mass is 360 g/mol. The van der Waals surface area contributed by atoms with Crippen molar-refractivity contribution in [2.24, 2.45) is 0 Å². The predicted molar refractivity (Wildman–Crippen MR) is 73.3 cm³/mol. The van der Waals surface area contributed by atoms with Crippen LogP contribution in [0.4, 0.5) is 0 Å². The zero-order chi connectivity index (χ0) is 13.1. The van der Waals surface area contributed by atoms with Crippen LogP contribution < -0.4 is 10.0 Å². The SMILES string of the molecule is CNCCNS(=O)(=O)c1c(Cl)cc(Br)cc1Cl. The molecule has 1 aromatic carbocycles. The number of sulfonamides is 1. The van der Waals surface area contributed by atoms with Crippen molar-refractivity contribution >= 4 is 49.2 Å². The summed E-state index contributed by atoms with van der Waals surface area (Å²) in [5.74, 6) is 0. The van der Waals surface area contributed by atoms with Gasteiger partial charge in [-0.05, 0) is 19.2 Å². The first-order valence-electron chi connectivity index (χ1n) is 4.67. The van der Waals surface area contributed by atoms with Crippen LogP contribution in [-0.2, 0) is 10.0 Å². The number of rotatable bonds is 5. The second kappa shape index (κ2) is 6.36. The van der Waals surface area contributed by atoms with Gasteiger partial charge in [0.2, 0.25) is 10.0 Å². The molecule has 2 N–H and O–H groups in total. The van der Waals surface area contributed by atoms with Crippen LogP contribution in [0.3, 0.4) is 0 Å². The molecule has 1 rings (SSSR count). The van der Waals surface area contributed by atoms with E-state index in [0.717, 1.165) is 0 Å². The van der Waals surface area contributed by atoms with Crippen molar-refractivity contribution in [3.05, 3.63) is 26.7 Å². The molecule has 0 aliphatic heterocycles. The summed E-state index contributed by atoms with van der Waals surface area (Å²) in [6.07, 6.45) is 0. The summed E-state index contributed by atoms with van der Waals surface area (Å²) < 4.78 is 26.9. The molecule has 0 aromatic heterocycles. The number of hydrogen-bond acceptors (Lipinski definition) is 3. The first-order chi connectivity index (χ1) is 7.88. The lowest BCUT2D eigenvalue weighted by Crippen LogP contribution is -2.30. The van der Waals surface area contributed by atoms with E-state index in [1.54, 1.807) is 7.05 Å². The molecule has 1 aromatic rings. The van der Waals surface area contributed by atoms with Gasteiger partial charge in [0.05, 0.1) is 10.0 Å². The molecule has 8 heteroatoms. The minimum atomic E-state index is -3.69. The molecule has 0 fully saturated rings. The quantitative estimate of drug-likeness (QED) is 0.791. The lowest BCUT2D eigenvalue weighted by Gasteiger charge is -2.10. The Balaban J connectivity index is 3.07. The second-order valence-electron chi connectivity index (χ2n) is 3.20. The van der Waals surface area contributed by atoms with Crippen molar-refractivity contribution in [1.29, 1.82) is 0 Å². The maximum Gasteiger partial charge on any atom is 0.243 e. The van der Waals surface area contributed by atoms with Gasteiger partial charge in [0, 0.05) is 17.6 Å². The average molecular weight is 362 g/mol. The van der Waals surface area contributed by atoms with Crippen LogP contribution in [-0.4, -0.2) is 28.6 Å². The second-order valence-corrected chi connectivity index (χ2v) is 6.63. The number of hydrogen-bond donors (Lipinski definition) is 2. The van der Waals surface area contributed by atoms with E-state index in [2.05, 4.69) is 26.0 Å². The number of nitrogens with one attached hydrogen (secondary N) is 2. The van der Waals surface area contributed by atoms with E-state index in [0.29, 0.717) is 11.0 Å². The highest BCUT2D eigenvalue weighted by Gasteiger charge is 2.21. The average Bonchev–Trinajstić information content (AvgIpc) is 2.15. The molecule has 0 bridgehead atoms. The zero-order valence-electron chi connectivity index (χ0n) is 8.93. The van der Waals surface area contributed by atoms with Crippen molar-refractivity contribution in [1.82, 2.24) is 10.0 Å². The molecule has 0 saturated heterocycles. The van der Waals surface area contributed by atoms with Crippen molar-refractivity contribution < 1.29 is 8.42 Å². The largest absolute Gasteiger partial charge is 0.318 e. The van der Waals surface area contributed by atoms with E-state index in [1.807, 2.05) is 0 Å². The van der Waals surface area contributed by atoms with Gasteiger partial charge in [0.25, 0.3) is 0 Å². The predicted octanol–water partition coefficient (Wildman–Crippen LogP) is 2.25. The number of likely N-dealkylation sites (N-methyl/N-ethyl adjacent to an activating group) is 1. The van der Waals surface area contributed by atoms with Crippen molar-refractivity contribution in [3.63, 3.8) is 0 Å². The summed E-state index contributed by atoms with van der Waals surface area (Å²) in [5, 5.41) is 3.00. The normalized spacial score (nSPS) is 11.8. The molecule has 0 saturated carbocycles. The Morgan fingerprint density at radius 3 is 2.24 bits per heavy atom. The molecule has 0 radical (unpaired) electrons. The Kier molecular flexibility index (Phi) is 5.69. The molecule has 0 heterocycles. The summed E-state index contributed by atoms with van der Waals surface area (Å²) in [6.45, 7) is 0.784. The fraction of sp³-hybridized carbons (Fsp3) is 0.333. The molecule has 0 aliphatic rings. The molecule has 0 spiro atoms. The molecule has 0 aliphatic carbocycles. The Morgan fingerprint density at radius 1 is 1.24 bits per heavy atom. The molecule has 0 unspecified atom stereocenters. The van der Waals surface area contributed by atoms with Crippen LogP contribution in [0.1, 0.15) is 0 Å². The van der Waals surface area contributed by atoms with Crippen LogP contribution >= 0.6 is 39.1 Å². The fourth-order valence-electron chi connectivity index (χ4n) is 1.17. The van der Waals surface area contributed by atoms with E-state index in [9.17, 15) is 8.42 Å². The maximum absolute atomic E-state index is 11.9. The van der Waals surface area contributed by atoms with Crippen LogP contribution in [0.2, 0.25) is 10.0 Å². The van der Waals surface area contributed by atoms with E-state index in [-0.39, 0.29) is 21.5 Å². The van der Waals surface area contributed by atoms with Gasteiger partial charge in [-0.1, -0.05) is 39.1 Å². The lowest BCUT2D eigenvalue weighted by molar-refractivity contribution is 0.579. The topological polar surface area (TPSA) is 58.2 Å². The van der Waals surface area contributed by atoms with E-state index < -0.39 is 10.0 Å². The van der Waals surface area contributed by atoms with Crippen LogP contribution in [0, 0.1) is 0 Å². The highest BCUT2D eigenvalue weighted by molar-refractivity contribution is 9.10. The highest BCUT2D eigenvalue weighted by atomic mass is 79.9. The Bertz CT molecular complexity index is 485. The van der Waals surface area contributed by atoms with Gasteiger partial charge in [-0.2, -0.15) is 0 Å². The van der Waals surface area contributed by atoms with Crippen molar-refractivity contribution in [2.75, 3.05) is 20.1 Å². The first-order valence-corrected chi connectivity index (χ1v) is 7.70. The Hall–Kier alpha value is 0.150. The van der Waals surface area contributed by atoms with E-state index in [1.165, 1.54) is 12.1 Å². The number of benzene rings is 1. The first kappa shape index (κ1) is 15.2. The molecule has 4 nitrogen and oxygen atoms in total. The summed E-state index contributed by atoms with van der Waals surface area (Å²) in [6, 6.07) is 2.97. The summed E-state index contributed by atoms with van der Waals surface area (Å²) in [4.78, 5) is -0.0971. The lowest BCUT2D eigenvalue weighted by atomic mass is 10.4. The van der Waals surface area contributed by atoms with Gasteiger partial charge in [-0.3, -0.25) is 0 Å². The smallest absolute Gasteiger partial charge is 0.243 e. The van der Waals surface area contributed by atoms with E-state index in [4.69, 9.17) is 23.2 Å². The van der Waals surface area contributed by atoms with Gasteiger partial charge in [0.15, 0.2) is 0 Å². The minimum absolute atomic E-state index is 0.0846. The maximum atomic E-state index is 11.9. The third kappa shape index (κ3) is 4.08. The van der Waals surface area contributed by atoms with Gasteiger partial charge in [0.1, 0.15) is 4.90 Å². The highest BCUT2D eigenvalue weighted by Crippen LogP contribution is 2.32. The Labute approximate surface area is 119 Å². The standard InChI is InChI=1S/C9H11BrCl2N2O2S/c1-13-2-3-14-17(15,16)9-7(11)4-6(10)5-8(9)12/h4-5,13-14H,2-3H2,1H3. The third-order valence-corrected chi connectivity index (χ3v) is 4.74. The van der Waals surface area contributed by atoms with Crippen molar-refractivity contribution in [3.8, 4) is 0 Å². The summed E-state index contributed by atoms with van der Waals surface area (Å²) in [7, 11) is -1.96. The van der Waals surface area contributed by atoms with Gasteiger partial charge in [-0.15, -0.1) is 0 Å². The molecule has 0 atom stereocenters. The van der Waals surface area contributed by atoms with Gasteiger partial charge in [-0.25, -0.2) is 13.1 Å². The van der Waals surface area contributed by atoms with Gasteiger partial charge < -0.3 is 5.32 Å². The van der Waals surface area contributed by atoms with Crippen molar-refractivity contribution in [2.45, 2.75) is 4.90 Å².